The molecule has 1 saturated heterocycles. The van der Waals surface area contributed by atoms with Crippen molar-refractivity contribution in [2.45, 2.75) is 20.3 Å². The van der Waals surface area contributed by atoms with Crippen molar-refractivity contribution in [2.24, 2.45) is 18.4 Å². The van der Waals surface area contributed by atoms with Gasteiger partial charge in [0.15, 0.2) is 0 Å². The van der Waals surface area contributed by atoms with Crippen molar-refractivity contribution in [1.29, 1.82) is 0 Å². The molecule has 1 N–H and O–H groups in total. The molecule has 27 heavy (non-hydrogen) atoms. The fourth-order valence-electron chi connectivity index (χ4n) is 4.42. The Kier molecular flexibility index (Phi) is 4.02. The number of fused-ring (bicyclic) bond motifs is 2. The third-order valence-corrected chi connectivity index (χ3v) is 6.33. The molecular formula is C21H24N2O4. The van der Waals surface area contributed by atoms with Crippen molar-refractivity contribution in [3.63, 3.8) is 0 Å². The van der Waals surface area contributed by atoms with Crippen molar-refractivity contribution >= 4 is 11.9 Å². The van der Waals surface area contributed by atoms with Gasteiger partial charge in [0.25, 0.3) is 5.91 Å². The topological polar surface area (TPSA) is 71.8 Å². The zero-order chi connectivity index (χ0) is 19.3. The van der Waals surface area contributed by atoms with Gasteiger partial charge in [-0.05, 0) is 38.0 Å². The predicted molar refractivity (Wildman–Crippen MR) is 100.0 cm³/mol. The van der Waals surface area contributed by atoms with Crippen molar-refractivity contribution < 1.29 is 19.4 Å². The van der Waals surface area contributed by atoms with Crippen molar-refractivity contribution in [1.82, 2.24) is 9.47 Å². The number of rotatable bonds is 2. The van der Waals surface area contributed by atoms with Crippen LogP contribution in [0.5, 0.6) is 5.75 Å². The molecule has 0 unspecified atom stereocenters. The van der Waals surface area contributed by atoms with E-state index in [2.05, 4.69) is 0 Å². The average molecular weight is 368 g/mol. The Morgan fingerprint density at radius 2 is 2.00 bits per heavy atom. The molecule has 1 amide bonds. The van der Waals surface area contributed by atoms with Gasteiger partial charge < -0.3 is 19.3 Å². The number of ether oxygens (including phenoxy) is 1. The van der Waals surface area contributed by atoms with Gasteiger partial charge in [-0.15, -0.1) is 0 Å². The minimum absolute atomic E-state index is 0.0989. The normalized spacial score (nSPS) is 24.0. The average Bonchev–Trinajstić information content (AvgIpc) is 3.08. The summed E-state index contributed by atoms with van der Waals surface area (Å²) in [7, 11) is 1.93. The summed E-state index contributed by atoms with van der Waals surface area (Å²) in [5, 5.41) is 10.1. The van der Waals surface area contributed by atoms with Crippen LogP contribution in [0.3, 0.4) is 0 Å². The van der Waals surface area contributed by atoms with E-state index in [1.165, 1.54) is 0 Å². The summed E-state index contributed by atoms with van der Waals surface area (Å²) in [5.74, 6) is -0.446. The number of aromatic nitrogens is 1. The van der Waals surface area contributed by atoms with Gasteiger partial charge in [0.05, 0.1) is 17.6 Å². The van der Waals surface area contributed by atoms with Gasteiger partial charge >= 0.3 is 5.97 Å². The number of carboxylic acids is 1. The number of hydrogen-bond donors (Lipinski definition) is 1. The second kappa shape index (κ2) is 6.15. The van der Waals surface area contributed by atoms with Gasteiger partial charge in [0, 0.05) is 37.4 Å². The second-order valence-corrected chi connectivity index (χ2v) is 7.78. The van der Waals surface area contributed by atoms with E-state index in [1.807, 2.05) is 55.8 Å². The van der Waals surface area contributed by atoms with Crippen molar-refractivity contribution in [3.8, 4) is 5.75 Å². The fourth-order valence-corrected chi connectivity index (χ4v) is 4.42. The number of likely N-dealkylation sites (tertiary alicyclic amines) is 1. The van der Waals surface area contributed by atoms with Crippen LogP contribution in [-0.4, -0.2) is 46.1 Å². The first-order chi connectivity index (χ1) is 12.8. The standard InChI is InChI=1S/C21H24N2O4/c1-13-8-17(14(2)22(13)3)19(24)23-10-16-11-27-18-7-5-4-6-15(18)9-21(16,12-23)20(25)26/h4-8,16H,9-12H2,1-3H3,(H,25,26)/t16-,21+/m0/s1. The third kappa shape index (κ3) is 2.62. The number of carbonyl (C=O) groups excluding carboxylic acids is 1. The highest BCUT2D eigenvalue weighted by Crippen LogP contribution is 2.44. The molecule has 0 spiro atoms. The molecule has 6 nitrogen and oxygen atoms in total. The lowest BCUT2D eigenvalue weighted by Gasteiger charge is -2.27. The highest BCUT2D eigenvalue weighted by molar-refractivity contribution is 5.96. The molecule has 3 heterocycles. The Labute approximate surface area is 158 Å². The van der Waals surface area contributed by atoms with E-state index in [-0.39, 0.29) is 18.4 Å². The van der Waals surface area contributed by atoms with Crippen LogP contribution in [0, 0.1) is 25.2 Å². The van der Waals surface area contributed by atoms with E-state index in [0.29, 0.717) is 25.1 Å². The highest BCUT2D eigenvalue weighted by Gasteiger charge is 2.55. The van der Waals surface area contributed by atoms with Crippen LogP contribution in [0.4, 0.5) is 0 Å². The largest absolute Gasteiger partial charge is 0.493 e. The minimum Gasteiger partial charge on any atom is -0.493 e. The van der Waals surface area contributed by atoms with Gasteiger partial charge in [-0.25, -0.2) is 0 Å². The lowest BCUT2D eigenvalue weighted by molar-refractivity contribution is -0.150. The smallest absolute Gasteiger partial charge is 0.312 e. The maximum absolute atomic E-state index is 13.2. The molecule has 0 saturated carbocycles. The Hall–Kier alpha value is -2.76. The van der Waals surface area contributed by atoms with Crippen LogP contribution in [-0.2, 0) is 18.3 Å². The summed E-state index contributed by atoms with van der Waals surface area (Å²) in [5.41, 5.74) is 2.43. The third-order valence-electron chi connectivity index (χ3n) is 6.33. The quantitative estimate of drug-likeness (QED) is 0.884. The van der Waals surface area contributed by atoms with Crippen LogP contribution in [0.2, 0.25) is 0 Å². The first kappa shape index (κ1) is 17.6. The van der Waals surface area contributed by atoms with Crippen molar-refractivity contribution in [2.75, 3.05) is 19.7 Å². The van der Waals surface area contributed by atoms with E-state index in [4.69, 9.17) is 4.74 Å². The molecule has 1 aromatic heterocycles. The molecule has 4 rings (SSSR count). The summed E-state index contributed by atoms with van der Waals surface area (Å²) in [6.07, 6.45) is 0.375. The summed E-state index contributed by atoms with van der Waals surface area (Å²) in [4.78, 5) is 27.2. The van der Waals surface area contributed by atoms with E-state index in [1.54, 1.807) is 4.90 Å². The van der Waals surface area contributed by atoms with Crippen LogP contribution < -0.4 is 4.74 Å². The molecule has 2 aromatic rings. The number of carboxylic acid groups (broad SMARTS) is 1. The molecule has 1 fully saturated rings. The van der Waals surface area contributed by atoms with Gasteiger partial charge in [-0.1, -0.05) is 18.2 Å². The number of para-hydroxylation sites is 1. The zero-order valence-corrected chi connectivity index (χ0v) is 15.9. The van der Waals surface area contributed by atoms with Crippen molar-refractivity contribution in [3.05, 3.63) is 52.8 Å². The zero-order valence-electron chi connectivity index (χ0n) is 15.9. The monoisotopic (exact) mass is 368 g/mol. The van der Waals surface area contributed by atoms with Gasteiger partial charge in [-0.3, -0.25) is 9.59 Å². The maximum atomic E-state index is 13.2. The number of aliphatic carboxylic acids is 1. The highest BCUT2D eigenvalue weighted by atomic mass is 16.5. The Morgan fingerprint density at radius 1 is 1.26 bits per heavy atom. The molecule has 6 heteroatoms. The minimum atomic E-state index is -1.01. The number of hydrogen-bond acceptors (Lipinski definition) is 3. The molecule has 0 radical (unpaired) electrons. The molecule has 2 aliphatic heterocycles. The number of carbonyl (C=O) groups is 2. The van der Waals surface area contributed by atoms with E-state index >= 15 is 0 Å². The number of aryl methyl sites for hydroxylation is 1. The number of nitrogens with zero attached hydrogens (tertiary/aromatic N) is 2. The summed E-state index contributed by atoms with van der Waals surface area (Å²) in [6.45, 7) is 4.78. The van der Waals surface area contributed by atoms with Gasteiger partial charge in [0.2, 0.25) is 0 Å². The van der Waals surface area contributed by atoms with Crippen LogP contribution >= 0.6 is 0 Å². The Morgan fingerprint density at radius 3 is 2.67 bits per heavy atom. The molecular weight excluding hydrogens is 344 g/mol. The molecule has 0 aliphatic carbocycles. The summed E-state index contributed by atoms with van der Waals surface area (Å²) in [6, 6.07) is 9.46. The maximum Gasteiger partial charge on any atom is 0.312 e. The summed E-state index contributed by atoms with van der Waals surface area (Å²) >= 11 is 0. The Bertz CT molecular complexity index is 932. The molecule has 2 aliphatic rings. The Balaban J connectivity index is 1.68. The van der Waals surface area contributed by atoms with Crippen LogP contribution in [0.15, 0.2) is 30.3 Å². The number of amides is 1. The first-order valence-electron chi connectivity index (χ1n) is 9.20. The van der Waals surface area contributed by atoms with E-state index in [0.717, 1.165) is 22.7 Å². The summed E-state index contributed by atoms with van der Waals surface area (Å²) < 4.78 is 7.89. The SMILES string of the molecule is Cc1cc(C(=O)N2C[C@H]3COc4ccccc4C[C@@]3(C(=O)O)C2)c(C)n1C. The fraction of sp³-hybridized carbons (Fsp3) is 0.429. The lowest BCUT2D eigenvalue weighted by atomic mass is 9.74. The lowest BCUT2D eigenvalue weighted by Crippen LogP contribution is -2.42. The predicted octanol–water partition coefficient (Wildman–Crippen LogP) is 2.42. The molecule has 142 valence electrons. The molecule has 2 atom stereocenters. The van der Waals surface area contributed by atoms with Gasteiger partial charge in [0.1, 0.15) is 5.75 Å². The molecule has 0 bridgehead atoms. The number of benzene rings is 1. The van der Waals surface area contributed by atoms with Crippen LogP contribution in [0.1, 0.15) is 27.3 Å². The van der Waals surface area contributed by atoms with E-state index < -0.39 is 11.4 Å². The molecule has 1 aromatic carbocycles. The second-order valence-electron chi connectivity index (χ2n) is 7.78. The first-order valence-corrected chi connectivity index (χ1v) is 9.20. The van der Waals surface area contributed by atoms with Crippen LogP contribution in [0.25, 0.3) is 0 Å². The van der Waals surface area contributed by atoms with E-state index in [9.17, 15) is 14.7 Å². The van der Waals surface area contributed by atoms with Gasteiger partial charge in [-0.2, -0.15) is 0 Å².